The van der Waals surface area contributed by atoms with Crippen LogP contribution in [0.1, 0.15) is 92.4 Å². The van der Waals surface area contributed by atoms with E-state index in [0.29, 0.717) is 0 Å². The van der Waals surface area contributed by atoms with E-state index >= 15 is 0 Å². The van der Waals surface area contributed by atoms with Gasteiger partial charge in [-0.25, -0.2) is 0 Å². The fourth-order valence-electron chi connectivity index (χ4n) is 4.25. The minimum absolute atomic E-state index is 0.930. The Balaban J connectivity index is 2.59. The average molecular weight is 267 g/mol. The summed E-state index contributed by atoms with van der Waals surface area (Å²) in [6, 6.07) is 0. The van der Waals surface area contributed by atoms with Crippen LogP contribution in [-0.2, 0) is 0 Å². The molecule has 1 rings (SSSR count). The van der Waals surface area contributed by atoms with E-state index in [4.69, 9.17) is 0 Å². The van der Waals surface area contributed by atoms with Gasteiger partial charge < -0.3 is 0 Å². The number of hydrogen-bond acceptors (Lipinski definition) is 0. The van der Waals surface area contributed by atoms with Crippen molar-refractivity contribution in [1.29, 1.82) is 0 Å². The van der Waals surface area contributed by atoms with Crippen LogP contribution in [-0.4, -0.2) is 0 Å². The lowest BCUT2D eigenvalue weighted by Gasteiger charge is -2.29. The molecule has 1 aliphatic carbocycles. The summed E-state index contributed by atoms with van der Waals surface area (Å²) in [5, 5.41) is 0. The predicted octanol–water partition coefficient (Wildman–Crippen LogP) is 6.69. The zero-order valence-electron chi connectivity index (χ0n) is 14.3. The Morgan fingerprint density at radius 2 is 1.42 bits per heavy atom. The molecule has 0 N–H and O–H groups in total. The molecule has 0 bridgehead atoms. The molecule has 1 aliphatic rings. The van der Waals surface area contributed by atoms with Gasteiger partial charge in [-0.3, -0.25) is 0 Å². The molecule has 0 aromatic heterocycles. The van der Waals surface area contributed by atoms with Crippen LogP contribution >= 0.6 is 0 Å². The molecule has 0 aromatic carbocycles. The molecule has 5 atom stereocenters. The molecule has 1 saturated carbocycles. The van der Waals surface area contributed by atoms with Gasteiger partial charge in [-0.2, -0.15) is 0 Å². The van der Waals surface area contributed by atoms with Gasteiger partial charge in [0.25, 0.3) is 0 Å². The van der Waals surface area contributed by atoms with Crippen molar-refractivity contribution >= 4 is 0 Å². The Labute approximate surface area is 122 Å². The molecule has 5 unspecified atom stereocenters. The summed E-state index contributed by atoms with van der Waals surface area (Å²) in [5.41, 5.74) is 0. The summed E-state index contributed by atoms with van der Waals surface area (Å²) in [5.74, 6) is 4.76. The molecule has 19 heavy (non-hydrogen) atoms. The van der Waals surface area contributed by atoms with Crippen molar-refractivity contribution in [1.82, 2.24) is 0 Å². The highest BCUT2D eigenvalue weighted by Gasteiger charge is 2.21. The Morgan fingerprint density at radius 3 is 2.11 bits per heavy atom. The standard InChI is InChI=1S/C19H38/c1-6-8-19-10-7-9-15(2)11-12-16(3)13-17(4)14-18(19)5/h15-19H,6-14H2,1-5H3. The fourth-order valence-corrected chi connectivity index (χ4v) is 4.25. The molecule has 0 nitrogen and oxygen atoms in total. The Bertz CT molecular complexity index is 220. The molecule has 0 aliphatic heterocycles. The largest absolute Gasteiger partial charge is 0.0654 e. The summed E-state index contributed by atoms with van der Waals surface area (Å²) in [7, 11) is 0. The van der Waals surface area contributed by atoms with Crippen molar-refractivity contribution in [3.63, 3.8) is 0 Å². The van der Waals surface area contributed by atoms with E-state index in [9.17, 15) is 0 Å². The van der Waals surface area contributed by atoms with Crippen LogP contribution in [0.2, 0.25) is 0 Å². The molecule has 0 heterocycles. The molecule has 0 saturated heterocycles. The third-order valence-electron chi connectivity index (χ3n) is 5.47. The van der Waals surface area contributed by atoms with Crippen molar-refractivity contribution in [3.8, 4) is 0 Å². The maximum absolute atomic E-state index is 2.52. The van der Waals surface area contributed by atoms with Gasteiger partial charge in [0.1, 0.15) is 0 Å². The van der Waals surface area contributed by atoms with Crippen LogP contribution < -0.4 is 0 Å². The lowest BCUT2D eigenvalue weighted by Crippen LogP contribution is -2.17. The lowest BCUT2D eigenvalue weighted by atomic mass is 9.77. The van der Waals surface area contributed by atoms with E-state index < -0.39 is 0 Å². The van der Waals surface area contributed by atoms with Crippen molar-refractivity contribution in [2.75, 3.05) is 0 Å². The van der Waals surface area contributed by atoms with E-state index in [2.05, 4.69) is 34.6 Å². The third kappa shape index (κ3) is 6.82. The number of hydrogen-bond donors (Lipinski definition) is 0. The lowest BCUT2D eigenvalue weighted by molar-refractivity contribution is 0.225. The van der Waals surface area contributed by atoms with Gasteiger partial charge in [0.15, 0.2) is 0 Å². The molecule has 0 aromatic rings. The zero-order chi connectivity index (χ0) is 14.3. The number of rotatable bonds is 2. The summed E-state index contributed by atoms with van der Waals surface area (Å²) < 4.78 is 0. The summed E-state index contributed by atoms with van der Waals surface area (Å²) in [6.45, 7) is 12.3. The summed E-state index contributed by atoms with van der Waals surface area (Å²) >= 11 is 0. The molecular formula is C19H38. The second-order valence-electron chi connectivity index (χ2n) is 7.82. The quantitative estimate of drug-likeness (QED) is 0.522. The van der Waals surface area contributed by atoms with Gasteiger partial charge in [-0.05, 0) is 42.4 Å². The van der Waals surface area contributed by atoms with Crippen LogP contribution in [0.3, 0.4) is 0 Å². The van der Waals surface area contributed by atoms with Gasteiger partial charge in [-0.15, -0.1) is 0 Å². The first-order valence-corrected chi connectivity index (χ1v) is 9.02. The highest BCUT2D eigenvalue weighted by molar-refractivity contribution is 4.72. The van der Waals surface area contributed by atoms with Crippen LogP contribution in [0, 0.1) is 29.6 Å². The zero-order valence-corrected chi connectivity index (χ0v) is 14.3. The van der Waals surface area contributed by atoms with Gasteiger partial charge >= 0.3 is 0 Å². The SMILES string of the molecule is CCCC1CCCC(C)CCC(C)CC(C)CC1C. The van der Waals surface area contributed by atoms with Gasteiger partial charge in [0.2, 0.25) is 0 Å². The maximum Gasteiger partial charge on any atom is -0.0388 e. The molecule has 0 heteroatoms. The molecular weight excluding hydrogens is 228 g/mol. The molecule has 1 fully saturated rings. The predicted molar refractivity (Wildman–Crippen MR) is 87.4 cm³/mol. The van der Waals surface area contributed by atoms with E-state index in [-0.39, 0.29) is 0 Å². The first kappa shape index (κ1) is 17.1. The third-order valence-corrected chi connectivity index (χ3v) is 5.47. The Hall–Kier alpha value is 0. The second kappa shape index (κ2) is 9.03. The first-order chi connectivity index (χ1) is 9.02. The van der Waals surface area contributed by atoms with Crippen molar-refractivity contribution in [2.45, 2.75) is 92.4 Å². The minimum Gasteiger partial charge on any atom is -0.0654 e. The molecule has 0 amide bonds. The van der Waals surface area contributed by atoms with E-state index in [1.165, 1.54) is 57.8 Å². The molecule has 0 spiro atoms. The Kier molecular flexibility index (Phi) is 8.11. The normalized spacial score (nSPS) is 39.3. The molecule has 114 valence electrons. The highest BCUT2D eigenvalue weighted by atomic mass is 14.3. The van der Waals surface area contributed by atoms with Crippen molar-refractivity contribution in [2.24, 2.45) is 29.6 Å². The van der Waals surface area contributed by atoms with Crippen LogP contribution in [0.4, 0.5) is 0 Å². The highest BCUT2D eigenvalue weighted by Crippen LogP contribution is 2.33. The van der Waals surface area contributed by atoms with Gasteiger partial charge in [-0.1, -0.05) is 79.6 Å². The maximum atomic E-state index is 2.52. The summed E-state index contributed by atoms with van der Waals surface area (Å²) in [6.07, 6.45) is 13.1. The second-order valence-corrected chi connectivity index (χ2v) is 7.82. The monoisotopic (exact) mass is 266 g/mol. The average Bonchev–Trinajstić information content (AvgIpc) is 2.34. The van der Waals surface area contributed by atoms with Crippen molar-refractivity contribution in [3.05, 3.63) is 0 Å². The smallest absolute Gasteiger partial charge is 0.0388 e. The van der Waals surface area contributed by atoms with Gasteiger partial charge in [0, 0.05) is 0 Å². The van der Waals surface area contributed by atoms with E-state index in [0.717, 1.165) is 29.6 Å². The Morgan fingerprint density at radius 1 is 0.737 bits per heavy atom. The minimum atomic E-state index is 0.930. The fraction of sp³-hybridized carbons (Fsp3) is 1.00. The topological polar surface area (TPSA) is 0 Å². The van der Waals surface area contributed by atoms with Crippen LogP contribution in [0.15, 0.2) is 0 Å². The van der Waals surface area contributed by atoms with Gasteiger partial charge in [0.05, 0.1) is 0 Å². The van der Waals surface area contributed by atoms with Crippen molar-refractivity contribution < 1.29 is 0 Å². The van der Waals surface area contributed by atoms with E-state index in [1.54, 1.807) is 0 Å². The van der Waals surface area contributed by atoms with Crippen LogP contribution in [0.25, 0.3) is 0 Å². The molecule has 0 radical (unpaired) electrons. The first-order valence-electron chi connectivity index (χ1n) is 9.02. The van der Waals surface area contributed by atoms with Crippen LogP contribution in [0.5, 0.6) is 0 Å². The summed E-state index contributed by atoms with van der Waals surface area (Å²) in [4.78, 5) is 0. The van der Waals surface area contributed by atoms with E-state index in [1.807, 2.05) is 0 Å².